The van der Waals surface area contributed by atoms with Crippen LogP contribution in [-0.4, -0.2) is 25.4 Å². The zero-order valence-electron chi connectivity index (χ0n) is 13.2. The summed E-state index contributed by atoms with van der Waals surface area (Å²) in [5.41, 5.74) is 2.45. The molecule has 0 aromatic heterocycles. The monoisotopic (exact) mass is 405 g/mol. The Morgan fingerprint density at radius 3 is 2.44 bits per heavy atom. The second-order valence-electron chi connectivity index (χ2n) is 4.81. The Morgan fingerprint density at radius 1 is 1.11 bits per heavy atom. The Hall–Kier alpha value is -3.01. The van der Waals surface area contributed by atoms with E-state index in [1.807, 2.05) is 0 Å². The van der Waals surface area contributed by atoms with Gasteiger partial charge < -0.3 is 19.4 Å². The number of halogens is 5. The van der Waals surface area contributed by atoms with E-state index in [4.69, 9.17) is 11.6 Å². The van der Waals surface area contributed by atoms with Gasteiger partial charge in [-0.1, -0.05) is 11.6 Å². The molecule has 0 unspecified atom stereocenters. The molecule has 0 heterocycles. The van der Waals surface area contributed by atoms with Crippen LogP contribution in [0.4, 0.5) is 23.2 Å². The number of carbonyl (C=O) groups excluding carboxylic acids is 1. The third kappa shape index (κ3) is 6.03. The zero-order chi connectivity index (χ0) is 20.0. The van der Waals surface area contributed by atoms with Crippen LogP contribution in [0.1, 0.15) is 15.9 Å². The lowest BCUT2D eigenvalue weighted by atomic mass is 10.2. The fraction of sp³-hybridized carbons (Fsp3) is 0.125. The van der Waals surface area contributed by atoms with Crippen LogP contribution >= 0.6 is 11.6 Å². The Balaban J connectivity index is 2.20. The molecule has 2 aromatic carbocycles. The molecule has 11 heteroatoms. The number of hydrazone groups is 1. The van der Waals surface area contributed by atoms with Crippen molar-refractivity contribution in [2.24, 2.45) is 5.10 Å². The van der Waals surface area contributed by atoms with Crippen LogP contribution in [0, 0.1) is 0 Å². The molecule has 0 amide bonds. The molecule has 2 rings (SSSR count). The number of carboxylic acids is 1. The molecule has 0 saturated heterocycles. The van der Waals surface area contributed by atoms with Crippen LogP contribution in [0.25, 0.3) is 0 Å². The number of alkyl halides is 4. The molecule has 0 fully saturated rings. The number of carboxylic acid groups (broad SMARTS) is 1. The summed E-state index contributed by atoms with van der Waals surface area (Å²) in [7, 11) is 0. The molecule has 2 aromatic rings. The summed E-state index contributed by atoms with van der Waals surface area (Å²) in [4.78, 5) is 10.9. The molecule has 0 aliphatic carbocycles. The lowest BCUT2D eigenvalue weighted by Crippen LogP contribution is -2.22. The van der Waals surface area contributed by atoms with E-state index in [9.17, 15) is 27.5 Å². The molecule has 6 nitrogen and oxygen atoms in total. The van der Waals surface area contributed by atoms with Crippen LogP contribution in [0.2, 0.25) is 5.02 Å². The number of ether oxygens (including phenoxy) is 2. The number of rotatable bonds is 8. The zero-order valence-corrected chi connectivity index (χ0v) is 13.9. The minimum atomic E-state index is -3.20. The van der Waals surface area contributed by atoms with E-state index in [0.717, 1.165) is 24.4 Å². The maximum atomic E-state index is 12.5. The molecule has 27 heavy (non-hydrogen) atoms. The van der Waals surface area contributed by atoms with Gasteiger partial charge in [-0.2, -0.15) is 22.7 Å². The Morgan fingerprint density at radius 2 is 1.81 bits per heavy atom. The first-order valence-electron chi connectivity index (χ1n) is 7.10. The van der Waals surface area contributed by atoms with Gasteiger partial charge in [0.1, 0.15) is 11.5 Å². The van der Waals surface area contributed by atoms with E-state index < -0.39 is 24.9 Å². The van der Waals surface area contributed by atoms with Gasteiger partial charge in [0.25, 0.3) is 0 Å². The van der Waals surface area contributed by atoms with Crippen molar-refractivity contribution < 1.29 is 36.9 Å². The second-order valence-corrected chi connectivity index (χ2v) is 5.22. The third-order valence-electron chi connectivity index (χ3n) is 3.01. The highest BCUT2D eigenvalue weighted by Crippen LogP contribution is 2.26. The molecular formula is C16H10ClF4N2O4-. The molecule has 0 aliphatic rings. The van der Waals surface area contributed by atoms with Gasteiger partial charge in [-0.25, -0.2) is 0 Å². The molecule has 0 atom stereocenters. The van der Waals surface area contributed by atoms with Crippen molar-refractivity contribution in [2.75, 3.05) is 5.43 Å². The number of nitrogens with zero attached hydrogens (tertiary/aromatic N) is 1. The van der Waals surface area contributed by atoms with Gasteiger partial charge in [-0.15, -0.1) is 0 Å². The van der Waals surface area contributed by atoms with E-state index in [1.165, 1.54) is 18.2 Å². The topological polar surface area (TPSA) is 83.0 Å². The third-order valence-corrected chi connectivity index (χ3v) is 3.34. The van der Waals surface area contributed by atoms with Crippen molar-refractivity contribution in [3.05, 3.63) is 52.5 Å². The lowest BCUT2D eigenvalue weighted by Gasteiger charge is -2.11. The van der Waals surface area contributed by atoms with Crippen LogP contribution in [0.3, 0.4) is 0 Å². The van der Waals surface area contributed by atoms with Crippen molar-refractivity contribution in [1.29, 1.82) is 0 Å². The molecule has 0 aliphatic heterocycles. The molecule has 1 N–H and O–H groups in total. The Labute approximate surface area is 155 Å². The quantitative estimate of drug-likeness (QED) is 0.414. The van der Waals surface area contributed by atoms with Crippen LogP contribution in [-0.2, 0) is 0 Å². The summed E-state index contributed by atoms with van der Waals surface area (Å²) >= 11 is 5.70. The minimum Gasteiger partial charge on any atom is -0.545 e. The van der Waals surface area contributed by atoms with Gasteiger partial charge in [0.15, 0.2) is 0 Å². The first kappa shape index (κ1) is 20.3. The predicted octanol–water partition coefficient (Wildman–Crippen LogP) is 3.35. The van der Waals surface area contributed by atoms with E-state index in [0.29, 0.717) is 0 Å². The molecule has 0 spiro atoms. The second kappa shape index (κ2) is 9.08. The summed E-state index contributed by atoms with van der Waals surface area (Å²) in [5, 5.41) is 14.6. The largest absolute Gasteiger partial charge is 0.545 e. The smallest absolute Gasteiger partial charge is 0.387 e. The highest BCUT2D eigenvalue weighted by Gasteiger charge is 2.12. The normalized spacial score (nSPS) is 11.2. The van der Waals surface area contributed by atoms with Crippen LogP contribution in [0.15, 0.2) is 41.5 Å². The average Bonchev–Trinajstić information content (AvgIpc) is 2.57. The maximum Gasteiger partial charge on any atom is 0.387 e. The SMILES string of the molecule is O=C([O-])c1cc(N/N=C\c2ccc(OC(F)F)cc2OC(F)F)ccc1Cl. The average molecular weight is 406 g/mol. The first-order chi connectivity index (χ1) is 12.8. The first-order valence-corrected chi connectivity index (χ1v) is 7.47. The molecule has 0 radical (unpaired) electrons. The van der Waals surface area contributed by atoms with Crippen molar-refractivity contribution in [2.45, 2.75) is 13.2 Å². The molecular weight excluding hydrogens is 396 g/mol. The van der Waals surface area contributed by atoms with Gasteiger partial charge >= 0.3 is 13.2 Å². The predicted molar refractivity (Wildman–Crippen MR) is 86.7 cm³/mol. The standard InChI is InChI=1S/C16H11ClF4N2O4/c17-12-4-2-9(5-11(12)14(24)25)23-22-7-8-1-3-10(26-15(18)19)6-13(8)27-16(20)21/h1-7,15-16,23H,(H,24,25)/p-1/b22-7-. The van der Waals surface area contributed by atoms with E-state index in [1.54, 1.807) is 0 Å². The summed E-state index contributed by atoms with van der Waals surface area (Å²) in [6.07, 6.45) is 1.07. The Bertz CT molecular complexity index is 849. The number of carbonyl (C=O) groups is 1. The van der Waals surface area contributed by atoms with Crippen molar-refractivity contribution in [3.8, 4) is 11.5 Å². The number of hydrogen-bond donors (Lipinski definition) is 1. The van der Waals surface area contributed by atoms with Gasteiger partial charge in [-0.3, -0.25) is 5.43 Å². The number of anilines is 1. The summed E-state index contributed by atoms with van der Waals surface area (Å²) in [5.74, 6) is -2.31. The number of aromatic carboxylic acids is 1. The summed E-state index contributed by atoms with van der Waals surface area (Å²) < 4.78 is 57.8. The maximum absolute atomic E-state index is 12.5. The van der Waals surface area contributed by atoms with Gasteiger partial charge in [0.05, 0.1) is 17.9 Å². The van der Waals surface area contributed by atoms with E-state index >= 15 is 0 Å². The van der Waals surface area contributed by atoms with Crippen LogP contribution in [0.5, 0.6) is 11.5 Å². The number of nitrogens with one attached hydrogen (secondary N) is 1. The summed E-state index contributed by atoms with van der Waals surface area (Å²) in [6.45, 7) is -6.33. The van der Waals surface area contributed by atoms with Gasteiger partial charge in [-0.05, 0) is 30.3 Å². The van der Waals surface area contributed by atoms with Gasteiger partial charge in [0, 0.05) is 22.2 Å². The minimum absolute atomic E-state index is 0.0264. The fourth-order valence-electron chi connectivity index (χ4n) is 1.92. The lowest BCUT2D eigenvalue weighted by molar-refractivity contribution is -0.255. The van der Waals surface area contributed by atoms with Crippen LogP contribution < -0.4 is 20.0 Å². The van der Waals surface area contributed by atoms with Gasteiger partial charge in [0.2, 0.25) is 0 Å². The van der Waals surface area contributed by atoms with E-state index in [2.05, 4.69) is 20.0 Å². The highest BCUT2D eigenvalue weighted by atomic mass is 35.5. The molecule has 0 saturated carbocycles. The number of hydrogen-bond acceptors (Lipinski definition) is 6. The van der Waals surface area contributed by atoms with Crippen molar-refractivity contribution in [3.63, 3.8) is 0 Å². The summed E-state index contributed by atoms with van der Waals surface area (Å²) in [6, 6.07) is 7.02. The highest BCUT2D eigenvalue weighted by molar-refractivity contribution is 6.33. The molecule has 144 valence electrons. The van der Waals surface area contributed by atoms with Crippen molar-refractivity contribution >= 4 is 29.5 Å². The number of benzene rings is 2. The molecule has 0 bridgehead atoms. The van der Waals surface area contributed by atoms with Crippen molar-refractivity contribution in [1.82, 2.24) is 0 Å². The van der Waals surface area contributed by atoms with E-state index in [-0.39, 0.29) is 27.6 Å². The fourth-order valence-corrected chi connectivity index (χ4v) is 2.12. The Kier molecular flexibility index (Phi) is 6.83.